The van der Waals surface area contributed by atoms with Crippen molar-refractivity contribution in [3.8, 4) is 0 Å². The summed E-state index contributed by atoms with van der Waals surface area (Å²) >= 11 is 0. The molecule has 0 aliphatic carbocycles. The van der Waals surface area contributed by atoms with E-state index in [1.165, 1.54) is 12.1 Å². The van der Waals surface area contributed by atoms with Gasteiger partial charge in [0.25, 0.3) is 0 Å². The maximum atomic E-state index is 13.5. The summed E-state index contributed by atoms with van der Waals surface area (Å²) in [5, 5.41) is 2.59. The lowest BCUT2D eigenvalue weighted by molar-refractivity contribution is 0.213. The van der Waals surface area contributed by atoms with Crippen LogP contribution in [0.4, 0.5) is 20.6 Å². The van der Waals surface area contributed by atoms with Gasteiger partial charge < -0.3 is 16.0 Å². The maximum absolute atomic E-state index is 13.5. The van der Waals surface area contributed by atoms with Crippen molar-refractivity contribution in [1.82, 2.24) is 4.90 Å². The van der Waals surface area contributed by atoms with E-state index in [4.69, 9.17) is 5.73 Å². The molecule has 0 atom stereocenters. The number of halogens is 1. The fourth-order valence-electron chi connectivity index (χ4n) is 2.10. The first-order valence-electron chi connectivity index (χ1n) is 6.28. The van der Waals surface area contributed by atoms with E-state index in [0.29, 0.717) is 5.69 Å². The molecule has 5 heteroatoms. The summed E-state index contributed by atoms with van der Waals surface area (Å²) in [5.74, 6) is -0.502. The number of nitrogens with zero attached hydrogens (tertiary/aromatic N) is 1. The predicted molar refractivity (Wildman–Crippen MR) is 69.9 cm³/mol. The van der Waals surface area contributed by atoms with Gasteiger partial charge in [-0.05, 0) is 31.0 Å². The van der Waals surface area contributed by atoms with Crippen LogP contribution in [0.25, 0.3) is 0 Å². The molecule has 0 bridgehead atoms. The fourth-order valence-corrected chi connectivity index (χ4v) is 2.10. The Morgan fingerprint density at radius 1 is 1.22 bits per heavy atom. The van der Waals surface area contributed by atoms with Crippen LogP contribution in [0.3, 0.4) is 0 Å². The molecule has 0 spiro atoms. The second-order valence-electron chi connectivity index (χ2n) is 4.57. The number of likely N-dealkylation sites (tertiary alicyclic amines) is 1. The zero-order valence-corrected chi connectivity index (χ0v) is 10.3. The van der Waals surface area contributed by atoms with Gasteiger partial charge in [-0.1, -0.05) is 12.8 Å². The van der Waals surface area contributed by atoms with Gasteiger partial charge >= 0.3 is 6.03 Å². The van der Waals surface area contributed by atoms with E-state index in [0.717, 1.165) is 38.8 Å². The fraction of sp³-hybridized carbons (Fsp3) is 0.462. The first-order valence-corrected chi connectivity index (χ1v) is 6.28. The summed E-state index contributed by atoms with van der Waals surface area (Å²) < 4.78 is 13.5. The smallest absolute Gasteiger partial charge is 0.321 e. The van der Waals surface area contributed by atoms with E-state index >= 15 is 0 Å². The zero-order valence-electron chi connectivity index (χ0n) is 10.3. The number of urea groups is 1. The van der Waals surface area contributed by atoms with Gasteiger partial charge in [0.15, 0.2) is 0 Å². The summed E-state index contributed by atoms with van der Waals surface area (Å²) in [6, 6.07) is 4.03. The number of hydrogen-bond donors (Lipinski definition) is 2. The van der Waals surface area contributed by atoms with Crippen LogP contribution in [-0.2, 0) is 0 Å². The number of rotatable bonds is 1. The molecule has 1 aliphatic rings. The van der Waals surface area contributed by atoms with Crippen LogP contribution in [-0.4, -0.2) is 24.0 Å². The van der Waals surface area contributed by atoms with E-state index < -0.39 is 5.82 Å². The highest BCUT2D eigenvalue weighted by atomic mass is 19.1. The lowest BCUT2D eigenvalue weighted by atomic mass is 10.2. The highest BCUT2D eigenvalue weighted by Gasteiger charge is 2.16. The first-order chi connectivity index (χ1) is 8.66. The monoisotopic (exact) mass is 251 g/mol. The molecule has 0 saturated carbocycles. The molecule has 1 aromatic rings. The van der Waals surface area contributed by atoms with Crippen LogP contribution in [0.1, 0.15) is 25.7 Å². The Morgan fingerprint density at radius 3 is 2.50 bits per heavy atom. The largest absolute Gasteiger partial charge is 0.399 e. The van der Waals surface area contributed by atoms with Crippen LogP contribution < -0.4 is 11.1 Å². The minimum atomic E-state index is -0.502. The number of carbonyl (C=O) groups excluding carboxylic acids is 1. The summed E-state index contributed by atoms with van der Waals surface area (Å²) in [6.45, 7) is 1.48. The molecule has 1 fully saturated rings. The predicted octanol–water partition coefficient (Wildman–Crippen LogP) is 2.82. The van der Waals surface area contributed by atoms with Crippen molar-refractivity contribution in [2.75, 3.05) is 24.1 Å². The minimum Gasteiger partial charge on any atom is -0.399 e. The number of nitrogen functional groups attached to an aromatic ring is 1. The number of carbonyl (C=O) groups is 1. The van der Waals surface area contributed by atoms with Crippen LogP contribution in [0.5, 0.6) is 0 Å². The molecule has 18 heavy (non-hydrogen) atoms. The van der Waals surface area contributed by atoms with E-state index in [1.54, 1.807) is 11.0 Å². The van der Waals surface area contributed by atoms with Crippen molar-refractivity contribution in [3.63, 3.8) is 0 Å². The number of amides is 2. The van der Waals surface area contributed by atoms with Gasteiger partial charge in [0.1, 0.15) is 5.82 Å². The first kappa shape index (κ1) is 12.7. The van der Waals surface area contributed by atoms with Gasteiger partial charge in [-0.15, -0.1) is 0 Å². The Hall–Kier alpha value is -1.78. The van der Waals surface area contributed by atoms with Crippen LogP contribution in [0, 0.1) is 5.82 Å². The molecule has 3 N–H and O–H groups in total. The number of benzene rings is 1. The third kappa shape index (κ3) is 3.12. The molecule has 2 amide bonds. The Kier molecular flexibility index (Phi) is 4.02. The highest BCUT2D eigenvalue weighted by Crippen LogP contribution is 2.18. The number of nitrogens with two attached hydrogens (primary N) is 1. The summed E-state index contributed by atoms with van der Waals surface area (Å²) in [4.78, 5) is 13.7. The number of anilines is 2. The Balaban J connectivity index is 2.01. The second-order valence-corrected chi connectivity index (χ2v) is 4.57. The number of hydrogen-bond acceptors (Lipinski definition) is 2. The highest BCUT2D eigenvalue weighted by molar-refractivity contribution is 5.89. The van der Waals surface area contributed by atoms with Crippen LogP contribution in [0.2, 0.25) is 0 Å². The maximum Gasteiger partial charge on any atom is 0.321 e. The Morgan fingerprint density at radius 2 is 1.89 bits per heavy atom. The van der Waals surface area contributed by atoms with Gasteiger partial charge in [0.05, 0.1) is 5.69 Å². The van der Waals surface area contributed by atoms with E-state index in [1.807, 2.05) is 0 Å². The molecular weight excluding hydrogens is 233 g/mol. The molecule has 1 saturated heterocycles. The molecule has 0 unspecified atom stereocenters. The van der Waals surface area contributed by atoms with Crippen molar-refractivity contribution >= 4 is 17.4 Å². The van der Waals surface area contributed by atoms with Gasteiger partial charge in [0, 0.05) is 18.8 Å². The molecule has 1 aliphatic heterocycles. The summed E-state index contributed by atoms with van der Waals surface area (Å²) in [6.07, 6.45) is 4.33. The van der Waals surface area contributed by atoms with E-state index in [-0.39, 0.29) is 11.7 Å². The molecular formula is C13H18FN3O. The third-order valence-corrected chi connectivity index (χ3v) is 3.13. The van der Waals surface area contributed by atoms with Gasteiger partial charge in [-0.25, -0.2) is 9.18 Å². The van der Waals surface area contributed by atoms with Crippen LogP contribution >= 0.6 is 0 Å². The van der Waals surface area contributed by atoms with Gasteiger partial charge in [-0.2, -0.15) is 0 Å². The average Bonchev–Trinajstić information content (AvgIpc) is 2.61. The molecule has 4 nitrogen and oxygen atoms in total. The molecule has 0 aromatic heterocycles. The topological polar surface area (TPSA) is 58.4 Å². The molecule has 2 rings (SSSR count). The van der Waals surface area contributed by atoms with Crippen LogP contribution in [0.15, 0.2) is 18.2 Å². The van der Waals surface area contributed by atoms with Gasteiger partial charge in [0.2, 0.25) is 0 Å². The van der Waals surface area contributed by atoms with E-state index in [9.17, 15) is 9.18 Å². The lowest BCUT2D eigenvalue weighted by Crippen LogP contribution is -2.35. The molecule has 0 radical (unpaired) electrons. The normalized spacial score (nSPS) is 16.2. The van der Waals surface area contributed by atoms with E-state index in [2.05, 4.69) is 5.32 Å². The molecule has 1 aromatic carbocycles. The Bertz CT molecular complexity index is 428. The van der Waals surface area contributed by atoms with Crippen molar-refractivity contribution in [2.45, 2.75) is 25.7 Å². The molecule has 98 valence electrons. The van der Waals surface area contributed by atoms with Crippen molar-refractivity contribution in [3.05, 3.63) is 24.0 Å². The second kappa shape index (κ2) is 5.71. The zero-order chi connectivity index (χ0) is 13.0. The Labute approximate surface area is 106 Å². The average molecular weight is 251 g/mol. The van der Waals surface area contributed by atoms with Gasteiger partial charge in [-0.3, -0.25) is 0 Å². The van der Waals surface area contributed by atoms with Crippen molar-refractivity contribution in [2.24, 2.45) is 0 Å². The van der Waals surface area contributed by atoms with Crippen molar-refractivity contribution in [1.29, 1.82) is 0 Å². The SMILES string of the molecule is Nc1ccc(NC(=O)N2CCCCCC2)c(F)c1. The number of nitrogens with one attached hydrogen (secondary N) is 1. The lowest BCUT2D eigenvalue weighted by Gasteiger charge is -2.21. The standard InChI is InChI=1S/C13H18FN3O/c14-11-9-10(15)5-6-12(11)16-13(18)17-7-3-1-2-4-8-17/h5-6,9H,1-4,7-8,15H2,(H,16,18). The third-order valence-electron chi connectivity index (χ3n) is 3.13. The summed E-state index contributed by atoms with van der Waals surface area (Å²) in [7, 11) is 0. The van der Waals surface area contributed by atoms with Crippen molar-refractivity contribution < 1.29 is 9.18 Å². The minimum absolute atomic E-state index is 0.179. The molecule has 1 heterocycles. The quantitative estimate of drug-likeness (QED) is 0.754. The summed E-state index contributed by atoms with van der Waals surface area (Å²) in [5.41, 5.74) is 5.99.